The van der Waals surface area contributed by atoms with E-state index in [0.717, 1.165) is 19.7 Å². The fourth-order valence-electron chi connectivity index (χ4n) is 1.84. The van der Waals surface area contributed by atoms with Gasteiger partial charge < -0.3 is 19.4 Å². The van der Waals surface area contributed by atoms with Crippen molar-refractivity contribution in [1.82, 2.24) is 9.88 Å². The number of nitrogens with one attached hydrogen (secondary N) is 1. The number of methoxy groups -OCH3 is 1. The molecule has 0 bridgehead atoms. The Morgan fingerprint density at radius 2 is 2.18 bits per heavy atom. The normalized spacial score (nSPS) is 12.9. The van der Waals surface area contributed by atoms with Gasteiger partial charge in [0.15, 0.2) is 0 Å². The molecule has 17 heavy (non-hydrogen) atoms. The van der Waals surface area contributed by atoms with Crippen LogP contribution in [0.3, 0.4) is 0 Å². The average Bonchev–Trinajstić information content (AvgIpc) is 2.77. The van der Waals surface area contributed by atoms with E-state index in [2.05, 4.69) is 42.1 Å². The molecule has 1 aromatic heterocycles. The van der Waals surface area contributed by atoms with Crippen LogP contribution in [0.5, 0.6) is 0 Å². The maximum absolute atomic E-state index is 5.48. The van der Waals surface area contributed by atoms with Crippen molar-refractivity contribution in [2.45, 2.75) is 26.4 Å². The molecule has 1 unspecified atom stereocenters. The van der Waals surface area contributed by atoms with Gasteiger partial charge >= 0.3 is 0 Å². The SMILES string of the molecule is CCNC(C)c1cccn1CCOCCOC. The molecule has 0 fully saturated rings. The van der Waals surface area contributed by atoms with E-state index >= 15 is 0 Å². The van der Waals surface area contributed by atoms with Gasteiger partial charge in [-0.3, -0.25) is 0 Å². The van der Waals surface area contributed by atoms with Crippen LogP contribution >= 0.6 is 0 Å². The van der Waals surface area contributed by atoms with E-state index in [0.29, 0.717) is 19.3 Å². The van der Waals surface area contributed by atoms with E-state index < -0.39 is 0 Å². The molecule has 1 aromatic rings. The fraction of sp³-hybridized carbons (Fsp3) is 0.692. The predicted octanol–water partition coefficient (Wildman–Crippen LogP) is 1.82. The molecule has 0 saturated carbocycles. The molecule has 0 aliphatic rings. The Morgan fingerprint density at radius 3 is 2.88 bits per heavy atom. The zero-order chi connectivity index (χ0) is 12.5. The third-order valence-electron chi connectivity index (χ3n) is 2.73. The molecule has 0 aliphatic heterocycles. The van der Waals surface area contributed by atoms with Crippen molar-refractivity contribution < 1.29 is 9.47 Å². The Balaban J connectivity index is 2.35. The quantitative estimate of drug-likeness (QED) is 0.669. The van der Waals surface area contributed by atoms with Crippen LogP contribution in [-0.2, 0) is 16.0 Å². The largest absolute Gasteiger partial charge is 0.382 e. The van der Waals surface area contributed by atoms with Crippen molar-refractivity contribution >= 4 is 0 Å². The summed E-state index contributed by atoms with van der Waals surface area (Å²) in [7, 11) is 1.69. The zero-order valence-corrected chi connectivity index (χ0v) is 11.1. The lowest BCUT2D eigenvalue weighted by Crippen LogP contribution is -2.21. The average molecular weight is 240 g/mol. The second-order valence-corrected chi connectivity index (χ2v) is 4.01. The summed E-state index contributed by atoms with van der Waals surface area (Å²) in [6.07, 6.45) is 2.10. The Kier molecular flexibility index (Phi) is 6.93. The van der Waals surface area contributed by atoms with Crippen LogP contribution < -0.4 is 5.32 Å². The maximum Gasteiger partial charge on any atom is 0.0701 e. The molecular formula is C13H24N2O2. The summed E-state index contributed by atoms with van der Waals surface area (Å²) in [5.41, 5.74) is 1.31. The molecule has 0 radical (unpaired) electrons. The predicted molar refractivity (Wildman–Crippen MR) is 69.2 cm³/mol. The third-order valence-corrected chi connectivity index (χ3v) is 2.73. The van der Waals surface area contributed by atoms with Gasteiger partial charge in [-0.1, -0.05) is 6.92 Å². The van der Waals surface area contributed by atoms with E-state index in [4.69, 9.17) is 9.47 Å². The minimum atomic E-state index is 0.383. The second kappa shape index (κ2) is 8.28. The molecule has 4 heteroatoms. The minimum Gasteiger partial charge on any atom is -0.382 e. The maximum atomic E-state index is 5.48. The summed E-state index contributed by atoms with van der Waals surface area (Å²) in [4.78, 5) is 0. The molecule has 1 N–H and O–H groups in total. The van der Waals surface area contributed by atoms with Gasteiger partial charge in [0.1, 0.15) is 0 Å². The summed E-state index contributed by atoms with van der Waals surface area (Å²) in [6, 6.07) is 4.62. The lowest BCUT2D eigenvalue weighted by molar-refractivity contribution is 0.0662. The number of hydrogen-bond acceptors (Lipinski definition) is 3. The lowest BCUT2D eigenvalue weighted by Gasteiger charge is -2.16. The van der Waals surface area contributed by atoms with Gasteiger partial charge in [-0.15, -0.1) is 0 Å². The highest BCUT2D eigenvalue weighted by atomic mass is 16.5. The van der Waals surface area contributed by atoms with Gasteiger partial charge in [0.05, 0.1) is 19.8 Å². The van der Waals surface area contributed by atoms with E-state index in [-0.39, 0.29) is 0 Å². The molecule has 0 aromatic carbocycles. The first-order valence-electron chi connectivity index (χ1n) is 6.24. The first-order valence-corrected chi connectivity index (χ1v) is 6.24. The standard InChI is InChI=1S/C13H24N2O2/c1-4-14-12(2)13-6-5-7-15(13)8-9-17-11-10-16-3/h5-7,12,14H,4,8-11H2,1-3H3. The summed E-state index contributed by atoms with van der Waals surface area (Å²) < 4.78 is 12.6. The Bertz CT molecular complexity index is 299. The molecule has 1 rings (SSSR count). The topological polar surface area (TPSA) is 35.4 Å². The first-order chi connectivity index (χ1) is 8.29. The molecule has 1 atom stereocenters. The van der Waals surface area contributed by atoms with E-state index in [9.17, 15) is 0 Å². The summed E-state index contributed by atoms with van der Waals surface area (Å²) in [5, 5.41) is 3.42. The van der Waals surface area contributed by atoms with Crippen molar-refractivity contribution in [2.75, 3.05) is 33.5 Å². The van der Waals surface area contributed by atoms with E-state index in [1.165, 1.54) is 5.69 Å². The highest BCUT2D eigenvalue weighted by molar-refractivity contribution is 5.11. The number of aromatic nitrogens is 1. The van der Waals surface area contributed by atoms with Crippen molar-refractivity contribution in [2.24, 2.45) is 0 Å². The van der Waals surface area contributed by atoms with Gasteiger partial charge in [0.25, 0.3) is 0 Å². The molecular weight excluding hydrogens is 216 g/mol. The number of hydrogen-bond donors (Lipinski definition) is 1. The van der Waals surface area contributed by atoms with Crippen molar-refractivity contribution in [3.05, 3.63) is 24.0 Å². The molecule has 0 spiro atoms. The first kappa shape index (κ1) is 14.2. The fourth-order valence-corrected chi connectivity index (χ4v) is 1.84. The minimum absolute atomic E-state index is 0.383. The molecule has 98 valence electrons. The summed E-state index contributed by atoms with van der Waals surface area (Å²) in [5.74, 6) is 0. The van der Waals surface area contributed by atoms with Crippen LogP contribution in [0.4, 0.5) is 0 Å². The number of rotatable bonds is 9. The van der Waals surface area contributed by atoms with Gasteiger partial charge in [0, 0.05) is 31.6 Å². The Morgan fingerprint density at radius 1 is 1.35 bits per heavy atom. The molecule has 0 amide bonds. The Hall–Kier alpha value is -0.840. The zero-order valence-electron chi connectivity index (χ0n) is 11.1. The lowest BCUT2D eigenvalue weighted by atomic mass is 10.2. The number of nitrogens with zero attached hydrogens (tertiary/aromatic N) is 1. The van der Waals surface area contributed by atoms with Crippen LogP contribution in [0.15, 0.2) is 18.3 Å². The van der Waals surface area contributed by atoms with Crippen LogP contribution in [0.2, 0.25) is 0 Å². The van der Waals surface area contributed by atoms with Crippen LogP contribution in [0.1, 0.15) is 25.6 Å². The number of ether oxygens (including phenoxy) is 2. The highest BCUT2D eigenvalue weighted by Gasteiger charge is 2.08. The monoisotopic (exact) mass is 240 g/mol. The van der Waals surface area contributed by atoms with Crippen molar-refractivity contribution in [1.29, 1.82) is 0 Å². The smallest absolute Gasteiger partial charge is 0.0701 e. The van der Waals surface area contributed by atoms with Crippen LogP contribution in [0.25, 0.3) is 0 Å². The third kappa shape index (κ3) is 4.89. The van der Waals surface area contributed by atoms with E-state index in [1.807, 2.05) is 0 Å². The van der Waals surface area contributed by atoms with Crippen molar-refractivity contribution in [3.63, 3.8) is 0 Å². The van der Waals surface area contributed by atoms with Crippen LogP contribution in [0, 0.1) is 0 Å². The van der Waals surface area contributed by atoms with Gasteiger partial charge in [0.2, 0.25) is 0 Å². The van der Waals surface area contributed by atoms with Crippen molar-refractivity contribution in [3.8, 4) is 0 Å². The van der Waals surface area contributed by atoms with E-state index in [1.54, 1.807) is 7.11 Å². The molecule has 0 aliphatic carbocycles. The van der Waals surface area contributed by atoms with Gasteiger partial charge in [-0.05, 0) is 25.6 Å². The highest BCUT2D eigenvalue weighted by Crippen LogP contribution is 2.12. The molecule has 0 saturated heterocycles. The van der Waals surface area contributed by atoms with Crippen LogP contribution in [-0.4, -0.2) is 38.0 Å². The summed E-state index contributed by atoms with van der Waals surface area (Å²) >= 11 is 0. The summed E-state index contributed by atoms with van der Waals surface area (Å²) in [6.45, 7) is 8.23. The Labute approximate surface area is 104 Å². The van der Waals surface area contributed by atoms with Gasteiger partial charge in [-0.2, -0.15) is 0 Å². The van der Waals surface area contributed by atoms with Gasteiger partial charge in [-0.25, -0.2) is 0 Å². The molecule has 1 heterocycles. The second-order valence-electron chi connectivity index (χ2n) is 4.01. The molecule has 4 nitrogen and oxygen atoms in total.